The van der Waals surface area contributed by atoms with Gasteiger partial charge in [0, 0.05) is 6.42 Å². The van der Waals surface area contributed by atoms with Crippen molar-refractivity contribution in [2.45, 2.75) is 341 Å². The van der Waals surface area contributed by atoms with Crippen LogP contribution in [0.15, 0.2) is 12.2 Å². The van der Waals surface area contributed by atoms with Gasteiger partial charge in [0.2, 0.25) is 5.91 Å². The lowest BCUT2D eigenvalue weighted by Crippen LogP contribution is -2.45. The van der Waals surface area contributed by atoms with E-state index >= 15 is 0 Å². The summed E-state index contributed by atoms with van der Waals surface area (Å²) in [5.41, 5.74) is 0. The number of rotatable bonds is 53. The van der Waals surface area contributed by atoms with E-state index < -0.39 is 12.1 Å². The summed E-state index contributed by atoms with van der Waals surface area (Å²) >= 11 is 0. The van der Waals surface area contributed by atoms with Crippen LogP contribution >= 0.6 is 0 Å². The smallest absolute Gasteiger partial charge is 0.220 e. The van der Waals surface area contributed by atoms with Gasteiger partial charge in [-0.05, 0) is 19.3 Å². The van der Waals surface area contributed by atoms with Gasteiger partial charge in [0.1, 0.15) is 0 Å². The molecule has 0 spiro atoms. The van der Waals surface area contributed by atoms with Gasteiger partial charge in [-0.2, -0.15) is 0 Å². The average molecular weight is 861 g/mol. The number of nitrogens with one attached hydrogen (secondary N) is 1. The highest BCUT2D eigenvalue weighted by Crippen LogP contribution is 2.18. The highest BCUT2D eigenvalue weighted by atomic mass is 16.3. The van der Waals surface area contributed by atoms with Gasteiger partial charge in [-0.15, -0.1) is 0 Å². The third kappa shape index (κ3) is 50.0. The standard InChI is InChI=1S/C57H113NO3/c1-3-5-7-9-11-13-15-17-19-21-22-23-24-25-26-27-28-29-30-31-32-33-34-35-36-37-38-40-42-44-46-48-50-52-56(60)55(54-59)58-57(61)53-51-49-47-45-43-41-39-20-18-16-14-12-10-8-6-4-2/h50,52,55-56,59-60H,3-49,51,53-54H2,1-2H3,(H,58,61)/b52-50+. The predicted octanol–water partition coefficient (Wildman–Crippen LogP) is 18.5. The molecule has 0 aliphatic carbocycles. The van der Waals surface area contributed by atoms with Crippen molar-refractivity contribution in [3.63, 3.8) is 0 Å². The van der Waals surface area contributed by atoms with E-state index in [2.05, 4.69) is 19.2 Å². The van der Waals surface area contributed by atoms with E-state index in [1.165, 1.54) is 283 Å². The zero-order valence-corrected chi connectivity index (χ0v) is 42.0. The number of allylic oxidation sites excluding steroid dienone is 1. The van der Waals surface area contributed by atoms with Crippen LogP contribution in [0.5, 0.6) is 0 Å². The Labute approximate surface area is 384 Å². The Bertz CT molecular complexity index is 844. The zero-order chi connectivity index (χ0) is 44.2. The van der Waals surface area contributed by atoms with Gasteiger partial charge in [-0.25, -0.2) is 0 Å². The molecule has 4 nitrogen and oxygen atoms in total. The summed E-state index contributed by atoms with van der Waals surface area (Å²) in [6, 6.07) is -0.617. The Kier molecular flexibility index (Phi) is 52.7. The van der Waals surface area contributed by atoms with Crippen LogP contribution in [0.25, 0.3) is 0 Å². The molecule has 0 fully saturated rings. The quantitative estimate of drug-likeness (QED) is 0.0421. The normalized spacial score (nSPS) is 12.8. The van der Waals surface area contributed by atoms with Crippen molar-refractivity contribution < 1.29 is 15.0 Å². The Hall–Kier alpha value is -0.870. The second-order valence-corrected chi connectivity index (χ2v) is 19.7. The van der Waals surface area contributed by atoms with Gasteiger partial charge >= 0.3 is 0 Å². The first-order valence-electron chi connectivity index (χ1n) is 28.4. The first kappa shape index (κ1) is 60.1. The monoisotopic (exact) mass is 860 g/mol. The fourth-order valence-electron chi connectivity index (χ4n) is 9.18. The highest BCUT2D eigenvalue weighted by Gasteiger charge is 2.18. The molecular weight excluding hydrogens is 747 g/mol. The topological polar surface area (TPSA) is 69.6 Å². The van der Waals surface area contributed by atoms with Crippen LogP contribution in [0.1, 0.15) is 328 Å². The van der Waals surface area contributed by atoms with E-state index in [-0.39, 0.29) is 12.5 Å². The molecule has 0 aromatic rings. The molecule has 0 saturated heterocycles. The number of aliphatic hydroxyl groups excluding tert-OH is 2. The van der Waals surface area contributed by atoms with Crippen LogP contribution in [-0.2, 0) is 4.79 Å². The average Bonchev–Trinajstić information content (AvgIpc) is 3.26. The summed E-state index contributed by atoms with van der Waals surface area (Å²) in [5.74, 6) is -0.0574. The summed E-state index contributed by atoms with van der Waals surface area (Å²) in [4.78, 5) is 12.4. The fraction of sp³-hybridized carbons (Fsp3) is 0.947. The molecule has 2 unspecified atom stereocenters. The molecule has 0 aromatic heterocycles. The molecule has 0 aliphatic rings. The lowest BCUT2D eigenvalue weighted by Gasteiger charge is -2.20. The molecule has 61 heavy (non-hydrogen) atoms. The molecule has 0 radical (unpaired) electrons. The zero-order valence-electron chi connectivity index (χ0n) is 42.0. The van der Waals surface area contributed by atoms with Gasteiger partial charge in [0.25, 0.3) is 0 Å². The van der Waals surface area contributed by atoms with E-state index in [0.717, 1.165) is 25.7 Å². The molecule has 0 saturated carbocycles. The number of amides is 1. The Morgan fingerprint density at radius 2 is 0.607 bits per heavy atom. The maximum Gasteiger partial charge on any atom is 0.220 e. The summed E-state index contributed by atoms with van der Waals surface area (Å²) < 4.78 is 0. The Morgan fingerprint density at radius 1 is 0.377 bits per heavy atom. The maximum atomic E-state index is 12.4. The summed E-state index contributed by atoms with van der Waals surface area (Å²) in [6.07, 6.45) is 69.6. The summed E-state index contributed by atoms with van der Waals surface area (Å²) in [5, 5.41) is 23.1. The molecule has 2 atom stereocenters. The van der Waals surface area contributed by atoms with Crippen LogP contribution in [-0.4, -0.2) is 34.9 Å². The second-order valence-electron chi connectivity index (χ2n) is 19.7. The van der Waals surface area contributed by atoms with Crippen molar-refractivity contribution in [1.82, 2.24) is 5.32 Å². The van der Waals surface area contributed by atoms with Crippen LogP contribution in [0, 0.1) is 0 Å². The fourth-order valence-corrected chi connectivity index (χ4v) is 9.18. The van der Waals surface area contributed by atoms with E-state index in [0.29, 0.717) is 6.42 Å². The predicted molar refractivity (Wildman–Crippen MR) is 272 cm³/mol. The van der Waals surface area contributed by atoms with Gasteiger partial charge in [0.05, 0.1) is 18.8 Å². The number of carbonyl (C=O) groups excluding carboxylic acids is 1. The first-order chi connectivity index (χ1) is 30.2. The van der Waals surface area contributed by atoms with Crippen LogP contribution in [0.4, 0.5) is 0 Å². The third-order valence-electron chi connectivity index (χ3n) is 13.5. The molecule has 0 bridgehead atoms. The molecule has 1 amide bonds. The van der Waals surface area contributed by atoms with Crippen LogP contribution in [0.3, 0.4) is 0 Å². The van der Waals surface area contributed by atoms with Gasteiger partial charge in [0.15, 0.2) is 0 Å². The molecule has 0 heterocycles. The number of unbranched alkanes of at least 4 members (excludes halogenated alkanes) is 46. The number of hydrogen-bond donors (Lipinski definition) is 3. The van der Waals surface area contributed by atoms with E-state index in [1.54, 1.807) is 6.08 Å². The number of hydrogen-bond acceptors (Lipinski definition) is 3. The summed E-state index contributed by atoms with van der Waals surface area (Å²) in [6.45, 7) is 4.35. The minimum Gasteiger partial charge on any atom is -0.394 e. The molecular formula is C57H113NO3. The molecule has 0 aliphatic heterocycles. The minimum atomic E-state index is -0.835. The van der Waals surface area contributed by atoms with Crippen molar-refractivity contribution in [3.8, 4) is 0 Å². The molecule has 3 N–H and O–H groups in total. The lowest BCUT2D eigenvalue weighted by molar-refractivity contribution is -0.123. The number of carbonyl (C=O) groups is 1. The molecule has 0 aromatic carbocycles. The molecule has 364 valence electrons. The second kappa shape index (κ2) is 53.5. The van der Waals surface area contributed by atoms with E-state index in [9.17, 15) is 15.0 Å². The Balaban J connectivity index is 3.41. The van der Waals surface area contributed by atoms with Gasteiger partial charge < -0.3 is 15.5 Å². The van der Waals surface area contributed by atoms with Crippen molar-refractivity contribution in [1.29, 1.82) is 0 Å². The van der Waals surface area contributed by atoms with E-state index in [1.807, 2.05) is 6.08 Å². The third-order valence-corrected chi connectivity index (χ3v) is 13.5. The van der Waals surface area contributed by atoms with Crippen LogP contribution in [0.2, 0.25) is 0 Å². The number of aliphatic hydroxyl groups is 2. The van der Waals surface area contributed by atoms with Crippen molar-refractivity contribution in [3.05, 3.63) is 12.2 Å². The summed E-state index contributed by atoms with van der Waals surface area (Å²) in [7, 11) is 0. The van der Waals surface area contributed by atoms with Gasteiger partial charge in [-0.1, -0.05) is 315 Å². The van der Waals surface area contributed by atoms with Crippen LogP contribution < -0.4 is 5.32 Å². The molecule has 0 rings (SSSR count). The van der Waals surface area contributed by atoms with Crippen molar-refractivity contribution >= 4 is 5.91 Å². The molecule has 4 heteroatoms. The highest BCUT2D eigenvalue weighted by molar-refractivity contribution is 5.76. The largest absolute Gasteiger partial charge is 0.394 e. The van der Waals surface area contributed by atoms with Gasteiger partial charge in [-0.3, -0.25) is 4.79 Å². The minimum absolute atomic E-state index is 0.0574. The van der Waals surface area contributed by atoms with Crippen molar-refractivity contribution in [2.24, 2.45) is 0 Å². The maximum absolute atomic E-state index is 12.4. The lowest BCUT2D eigenvalue weighted by atomic mass is 10.0. The van der Waals surface area contributed by atoms with Crippen molar-refractivity contribution in [2.75, 3.05) is 6.61 Å². The SMILES string of the molecule is CCCCCCCCCCCCCCCCCCCCCCCCCCCCCCCCC/C=C/C(O)C(CO)NC(=O)CCCCCCCCCCCCCCCCCC. The van der Waals surface area contributed by atoms with E-state index in [4.69, 9.17) is 0 Å². The Morgan fingerprint density at radius 3 is 0.852 bits per heavy atom. The first-order valence-corrected chi connectivity index (χ1v) is 28.4.